The molecule has 0 aliphatic rings. The number of hydrogen-bond acceptors (Lipinski definition) is 3. The van der Waals surface area contributed by atoms with Crippen LogP contribution in [-0.2, 0) is 9.59 Å². The molecule has 106 valence electrons. The molecule has 2 amide bonds. The van der Waals surface area contributed by atoms with E-state index in [4.69, 9.17) is 5.73 Å². The predicted molar refractivity (Wildman–Crippen MR) is 73.0 cm³/mol. The van der Waals surface area contributed by atoms with Crippen LogP contribution < -0.4 is 16.4 Å². The molecule has 0 aromatic heterocycles. The highest BCUT2D eigenvalue weighted by Gasteiger charge is 2.18. The van der Waals surface area contributed by atoms with Crippen molar-refractivity contribution in [3.63, 3.8) is 0 Å². The first-order valence-electron chi connectivity index (χ1n) is 6.74. The number of hydrogen-bond donors (Lipinski definition) is 3. The molecule has 0 radical (unpaired) electrons. The van der Waals surface area contributed by atoms with Gasteiger partial charge in [0.2, 0.25) is 11.8 Å². The molecule has 18 heavy (non-hydrogen) atoms. The lowest BCUT2D eigenvalue weighted by molar-refractivity contribution is -0.124. The first-order chi connectivity index (χ1) is 8.42. The molecule has 0 fully saturated rings. The van der Waals surface area contributed by atoms with E-state index in [0.717, 1.165) is 12.8 Å². The van der Waals surface area contributed by atoms with E-state index in [1.54, 1.807) is 0 Å². The number of amides is 2. The number of carbonyl (C=O) groups is 2. The van der Waals surface area contributed by atoms with E-state index < -0.39 is 6.04 Å². The molecule has 5 nitrogen and oxygen atoms in total. The zero-order valence-corrected chi connectivity index (χ0v) is 12.0. The van der Waals surface area contributed by atoms with Gasteiger partial charge in [-0.1, -0.05) is 27.2 Å². The summed E-state index contributed by atoms with van der Waals surface area (Å²) in [4.78, 5) is 23.1. The fourth-order valence-corrected chi connectivity index (χ4v) is 1.38. The molecule has 5 heteroatoms. The number of nitrogens with one attached hydrogen (secondary N) is 2. The van der Waals surface area contributed by atoms with Crippen molar-refractivity contribution in [2.45, 2.75) is 59.0 Å². The molecule has 0 aliphatic heterocycles. The van der Waals surface area contributed by atoms with Crippen molar-refractivity contribution < 1.29 is 9.59 Å². The minimum Gasteiger partial charge on any atom is -0.354 e. The summed E-state index contributed by atoms with van der Waals surface area (Å²) in [5, 5.41) is 5.54. The van der Waals surface area contributed by atoms with Crippen LogP contribution in [0.5, 0.6) is 0 Å². The Morgan fingerprint density at radius 3 is 2.28 bits per heavy atom. The van der Waals surface area contributed by atoms with Crippen LogP contribution in [0.2, 0.25) is 0 Å². The SMILES string of the molecule is CCC(C)NC(=O)CCNC(=O)[C@@H](N)C(C)CC. The van der Waals surface area contributed by atoms with E-state index in [2.05, 4.69) is 10.6 Å². The summed E-state index contributed by atoms with van der Waals surface area (Å²) in [6, 6.07) is -0.316. The predicted octanol–water partition coefficient (Wildman–Crippen LogP) is 0.781. The van der Waals surface area contributed by atoms with Gasteiger partial charge in [0.25, 0.3) is 0 Å². The van der Waals surface area contributed by atoms with Gasteiger partial charge in [0.05, 0.1) is 6.04 Å². The Labute approximate surface area is 110 Å². The van der Waals surface area contributed by atoms with Crippen molar-refractivity contribution in [2.24, 2.45) is 11.7 Å². The van der Waals surface area contributed by atoms with Crippen molar-refractivity contribution in [3.8, 4) is 0 Å². The highest BCUT2D eigenvalue weighted by atomic mass is 16.2. The molecule has 0 aromatic carbocycles. The molecule has 0 saturated heterocycles. The standard InChI is InChI=1S/C13H27N3O2/c1-5-9(3)12(14)13(18)15-8-7-11(17)16-10(4)6-2/h9-10,12H,5-8,14H2,1-4H3,(H,15,18)(H,16,17)/t9?,10?,12-/m0/s1. The average Bonchev–Trinajstić information content (AvgIpc) is 2.36. The molecular formula is C13H27N3O2. The lowest BCUT2D eigenvalue weighted by atomic mass is 9.99. The number of carbonyl (C=O) groups excluding carboxylic acids is 2. The van der Waals surface area contributed by atoms with Gasteiger partial charge in [-0.15, -0.1) is 0 Å². The van der Waals surface area contributed by atoms with E-state index in [1.165, 1.54) is 0 Å². The molecule has 0 aliphatic carbocycles. The topological polar surface area (TPSA) is 84.2 Å². The third kappa shape index (κ3) is 6.59. The summed E-state index contributed by atoms with van der Waals surface area (Å²) in [6.07, 6.45) is 2.06. The zero-order chi connectivity index (χ0) is 14.1. The fourth-order valence-electron chi connectivity index (χ4n) is 1.38. The summed E-state index contributed by atoms with van der Waals surface area (Å²) in [6.45, 7) is 8.25. The van der Waals surface area contributed by atoms with Crippen molar-refractivity contribution >= 4 is 11.8 Å². The van der Waals surface area contributed by atoms with Gasteiger partial charge < -0.3 is 16.4 Å². The molecule has 0 bridgehead atoms. The second kappa shape index (κ2) is 8.91. The Morgan fingerprint density at radius 2 is 1.78 bits per heavy atom. The molecule has 2 unspecified atom stereocenters. The minimum absolute atomic E-state index is 0.0400. The minimum atomic E-state index is -0.493. The molecule has 3 atom stereocenters. The van der Waals surface area contributed by atoms with Crippen LogP contribution in [0.15, 0.2) is 0 Å². The second-order valence-electron chi connectivity index (χ2n) is 4.83. The smallest absolute Gasteiger partial charge is 0.237 e. The van der Waals surface area contributed by atoms with Gasteiger partial charge in [0.15, 0.2) is 0 Å². The van der Waals surface area contributed by atoms with Crippen LogP contribution in [0, 0.1) is 5.92 Å². The Kier molecular flexibility index (Phi) is 8.37. The first-order valence-corrected chi connectivity index (χ1v) is 6.74. The second-order valence-corrected chi connectivity index (χ2v) is 4.83. The van der Waals surface area contributed by atoms with E-state index in [1.807, 2.05) is 27.7 Å². The molecule has 0 rings (SSSR count). The number of rotatable bonds is 8. The van der Waals surface area contributed by atoms with E-state index in [0.29, 0.717) is 13.0 Å². The molecule has 4 N–H and O–H groups in total. The number of nitrogens with two attached hydrogens (primary N) is 1. The lowest BCUT2D eigenvalue weighted by Crippen LogP contribution is -2.45. The molecule has 0 spiro atoms. The van der Waals surface area contributed by atoms with E-state index in [-0.39, 0.29) is 23.8 Å². The highest BCUT2D eigenvalue weighted by molar-refractivity contribution is 5.82. The third-order valence-electron chi connectivity index (χ3n) is 3.23. The highest BCUT2D eigenvalue weighted by Crippen LogP contribution is 2.04. The van der Waals surface area contributed by atoms with Gasteiger partial charge >= 0.3 is 0 Å². The van der Waals surface area contributed by atoms with Crippen molar-refractivity contribution in [1.82, 2.24) is 10.6 Å². The van der Waals surface area contributed by atoms with Crippen LogP contribution in [0.4, 0.5) is 0 Å². The van der Waals surface area contributed by atoms with Crippen molar-refractivity contribution in [2.75, 3.05) is 6.54 Å². The van der Waals surface area contributed by atoms with E-state index in [9.17, 15) is 9.59 Å². The summed E-state index contributed by atoms with van der Waals surface area (Å²) in [5.41, 5.74) is 5.78. The molecular weight excluding hydrogens is 230 g/mol. The van der Waals surface area contributed by atoms with Crippen LogP contribution in [0.1, 0.15) is 47.0 Å². The third-order valence-corrected chi connectivity index (χ3v) is 3.23. The summed E-state index contributed by atoms with van der Waals surface area (Å²) < 4.78 is 0. The zero-order valence-electron chi connectivity index (χ0n) is 12.0. The van der Waals surface area contributed by atoms with Gasteiger partial charge in [-0.3, -0.25) is 9.59 Å². The van der Waals surface area contributed by atoms with Gasteiger partial charge in [-0.2, -0.15) is 0 Å². The van der Waals surface area contributed by atoms with Gasteiger partial charge in [-0.25, -0.2) is 0 Å². The van der Waals surface area contributed by atoms with Gasteiger partial charge in [-0.05, 0) is 19.3 Å². The molecule has 0 heterocycles. The van der Waals surface area contributed by atoms with Crippen LogP contribution in [0.3, 0.4) is 0 Å². The maximum atomic E-state index is 11.6. The normalized spacial score (nSPS) is 15.6. The summed E-state index contributed by atoms with van der Waals surface area (Å²) in [5.74, 6) is -0.0682. The Bertz CT molecular complexity index is 269. The largest absolute Gasteiger partial charge is 0.354 e. The maximum absolute atomic E-state index is 11.6. The van der Waals surface area contributed by atoms with Crippen molar-refractivity contribution in [3.05, 3.63) is 0 Å². The quantitative estimate of drug-likeness (QED) is 0.601. The first kappa shape index (κ1) is 16.9. The Balaban J connectivity index is 3.84. The van der Waals surface area contributed by atoms with Gasteiger partial charge in [0, 0.05) is 19.0 Å². The molecule has 0 saturated carbocycles. The average molecular weight is 257 g/mol. The lowest BCUT2D eigenvalue weighted by Gasteiger charge is -2.17. The van der Waals surface area contributed by atoms with Crippen LogP contribution in [0.25, 0.3) is 0 Å². The fraction of sp³-hybridized carbons (Fsp3) is 0.846. The Morgan fingerprint density at radius 1 is 1.17 bits per heavy atom. The summed E-state index contributed by atoms with van der Waals surface area (Å²) >= 11 is 0. The van der Waals surface area contributed by atoms with Crippen LogP contribution in [-0.4, -0.2) is 30.4 Å². The van der Waals surface area contributed by atoms with Gasteiger partial charge in [0.1, 0.15) is 0 Å². The van der Waals surface area contributed by atoms with Crippen molar-refractivity contribution in [1.29, 1.82) is 0 Å². The van der Waals surface area contributed by atoms with Crippen LogP contribution >= 0.6 is 0 Å². The maximum Gasteiger partial charge on any atom is 0.237 e. The Hall–Kier alpha value is -1.10. The summed E-state index contributed by atoms with van der Waals surface area (Å²) in [7, 11) is 0. The molecule has 0 aromatic rings. The monoisotopic (exact) mass is 257 g/mol. The van der Waals surface area contributed by atoms with E-state index >= 15 is 0 Å².